The van der Waals surface area contributed by atoms with Gasteiger partial charge in [0.25, 0.3) is 0 Å². The van der Waals surface area contributed by atoms with E-state index < -0.39 is 29.9 Å². The predicted molar refractivity (Wildman–Crippen MR) is 89.5 cm³/mol. The number of carbonyl (C=O) groups excluding carboxylic acids is 2. The highest BCUT2D eigenvalue weighted by Crippen LogP contribution is 2.12. The summed E-state index contributed by atoms with van der Waals surface area (Å²) in [5, 5.41) is 19.4. The van der Waals surface area contributed by atoms with E-state index >= 15 is 0 Å². The molecule has 25 heavy (non-hydrogen) atoms. The Kier molecular flexibility index (Phi) is 10.2. The second kappa shape index (κ2) is 11.0. The normalized spacial score (nSPS) is 13.7. The fourth-order valence-corrected chi connectivity index (χ4v) is 1.32. The van der Waals surface area contributed by atoms with Crippen LogP contribution in [0.5, 0.6) is 0 Å². The number of rotatable bonds is 12. The van der Waals surface area contributed by atoms with Gasteiger partial charge in [0.05, 0.1) is 13.2 Å². The van der Waals surface area contributed by atoms with Crippen molar-refractivity contribution in [1.29, 1.82) is 0 Å². The van der Waals surface area contributed by atoms with Crippen LogP contribution in [0.1, 0.15) is 27.7 Å². The Morgan fingerprint density at radius 2 is 1.16 bits per heavy atom. The van der Waals surface area contributed by atoms with Crippen molar-refractivity contribution in [2.24, 2.45) is 0 Å². The van der Waals surface area contributed by atoms with Crippen molar-refractivity contribution in [3.63, 3.8) is 0 Å². The van der Waals surface area contributed by atoms with Crippen molar-refractivity contribution in [2.75, 3.05) is 26.4 Å². The van der Waals surface area contributed by atoms with E-state index in [1.165, 1.54) is 13.8 Å². The van der Waals surface area contributed by atoms with Crippen molar-refractivity contribution in [3.8, 4) is 0 Å². The standard InChI is InChI=1S/C17H28O8/c1-11(2)15(20)22-7-13(18)9-24-17(5,6)25-10-14(19)8-23-16(21)12(3)4/h13-14,18-19H,1,3,7-10H2,2,4-6H3. The third-order valence-corrected chi connectivity index (χ3v) is 2.76. The quantitative estimate of drug-likeness (QED) is 0.297. The van der Waals surface area contributed by atoms with Gasteiger partial charge in [-0.25, -0.2) is 9.59 Å². The molecule has 0 saturated heterocycles. The van der Waals surface area contributed by atoms with Gasteiger partial charge in [0, 0.05) is 11.1 Å². The monoisotopic (exact) mass is 360 g/mol. The minimum Gasteiger partial charge on any atom is -0.460 e. The molecular weight excluding hydrogens is 332 g/mol. The molecule has 0 spiro atoms. The summed E-state index contributed by atoms with van der Waals surface area (Å²) < 4.78 is 20.4. The molecule has 0 heterocycles. The number of carbonyl (C=O) groups is 2. The number of aliphatic hydroxyl groups is 2. The van der Waals surface area contributed by atoms with E-state index in [1.807, 2.05) is 0 Å². The van der Waals surface area contributed by atoms with E-state index in [2.05, 4.69) is 13.2 Å². The first-order valence-corrected chi connectivity index (χ1v) is 7.74. The van der Waals surface area contributed by atoms with E-state index in [1.54, 1.807) is 13.8 Å². The number of aliphatic hydroxyl groups excluding tert-OH is 2. The summed E-state index contributed by atoms with van der Waals surface area (Å²) in [5.74, 6) is -2.30. The van der Waals surface area contributed by atoms with Crippen LogP contribution in [0.4, 0.5) is 0 Å². The van der Waals surface area contributed by atoms with Gasteiger partial charge in [0.1, 0.15) is 25.4 Å². The molecule has 0 aromatic rings. The van der Waals surface area contributed by atoms with Gasteiger partial charge in [-0.3, -0.25) is 0 Å². The van der Waals surface area contributed by atoms with Gasteiger partial charge in [0.2, 0.25) is 0 Å². The molecule has 0 saturated carbocycles. The Morgan fingerprint density at radius 3 is 1.44 bits per heavy atom. The molecule has 0 rings (SSSR count). The van der Waals surface area contributed by atoms with E-state index in [0.29, 0.717) is 0 Å². The molecule has 0 fully saturated rings. The van der Waals surface area contributed by atoms with Gasteiger partial charge in [-0.15, -0.1) is 0 Å². The van der Waals surface area contributed by atoms with Crippen LogP contribution in [0.2, 0.25) is 0 Å². The summed E-state index contributed by atoms with van der Waals surface area (Å²) in [4.78, 5) is 22.4. The number of esters is 2. The maximum absolute atomic E-state index is 11.2. The summed E-state index contributed by atoms with van der Waals surface area (Å²) in [6.45, 7) is 12.3. The van der Waals surface area contributed by atoms with Crippen LogP contribution in [0.15, 0.2) is 24.3 Å². The Labute approximate surface area is 148 Å². The average Bonchev–Trinajstić information content (AvgIpc) is 2.53. The topological polar surface area (TPSA) is 112 Å². The van der Waals surface area contributed by atoms with E-state index in [9.17, 15) is 19.8 Å². The first-order valence-electron chi connectivity index (χ1n) is 7.74. The molecule has 0 bridgehead atoms. The lowest BCUT2D eigenvalue weighted by molar-refractivity contribution is -0.236. The first-order chi connectivity index (χ1) is 11.4. The van der Waals surface area contributed by atoms with E-state index in [0.717, 1.165) is 0 Å². The second-order valence-electron chi connectivity index (χ2n) is 6.09. The Balaban J connectivity index is 4.07. The summed E-state index contributed by atoms with van der Waals surface area (Å²) in [7, 11) is 0. The van der Waals surface area contributed by atoms with Crippen molar-refractivity contribution < 1.29 is 38.7 Å². The van der Waals surface area contributed by atoms with Gasteiger partial charge in [-0.05, 0) is 27.7 Å². The lowest BCUT2D eigenvalue weighted by Gasteiger charge is -2.28. The maximum atomic E-state index is 11.2. The van der Waals surface area contributed by atoms with Gasteiger partial charge in [0.15, 0.2) is 5.79 Å². The third-order valence-electron chi connectivity index (χ3n) is 2.76. The summed E-state index contributed by atoms with van der Waals surface area (Å²) in [5.41, 5.74) is 0.469. The minimum absolute atomic E-state index is 0.142. The highest BCUT2D eigenvalue weighted by molar-refractivity contribution is 5.87. The SMILES string of the molecule is C=C(C)C(=O)OCC(O)COC(C)(C)OCC(O)COC(=O)C(=C)C. The zero-order chi connectivity index (χ0) is 19.6. The lowest BCUT2D eigenvalue weighted by Crippen LogP contribution is -2.37. The number of hydrogen-bond acceptors (Lipinski definition) is 8. The van der Waals surface area contributed by atoms with Crippen LogP contribution in [0, 0.1) is 0 Å². The Hall–Kier alpha value is -1.74. The molecule has 0 amide bonds. The molecule has 0 aromatic heterocycles. The molecule has 2 N–H and O–H groups in total. The molecule has 0 aromatic carbocycles. The highest BCUT2D eigenvalue weighted by Gasteiger charge is 2.23. The molecule has 0 aliphatic heterocycles. The second-order valence-corrected chi connectivity index (χ2v) is 6.09. The largest absolute Gasteiger partial charge is 0.460 e. The van der Waals surface area contributed by atoms with Gasteiger partial charge in [-0.1, -0.05) is 13.2 Å². The van der Waals surface area contributed by atoms with Crippen LogP contribution in [0.25, 0.3) is 0 Å². The smallest absolute Gasteiger partial charge is 0.333 e. The number of ether oxygens (including phenoxy) is 4. The lowest BCUT2D eigenvalue weighted by atomic mass is 10.3. The molecular formula is C17H28O8. The molecule has 144 valence electrons. The zero-order valence-electron chi connectivity index (χ0n) is 15.2. The van der Waals surface area contributed by atoms with Crippen molar-refractivity contribution in [1.82, 2.24) is 0 Å². The molecule has 2 unspecified atom stereocenters. The molecule has 0 aliphatic rings. The first kappa shape index (κ1) is 23.3. The third kappa shape index (κ3) is 11.4. The fraction of sp³-hybridized carbons (Fsp3) is 0.647. The maximum Gasteiger partial charge on any atom is 0.333 e. The zero-order valence-corrected chi connectivity index (χ0v) is 15.2. The van der Waals surface area contributed by atoms with Crippen LogP contribution < -0.4 is 0 Å². The van der Waals surface area contributed by atoms with E-state index in [-0.39, 0.29) is 37.6 Å². The Morgan fingerprint density at radius 1 is 0.840 bits per heavy atom. The summed E-state index contributed by atoms with van der Waals surface area (Å²) >= 11 is 0. The molecule has 8 nitrogen and oxygen atoms in total. The van der Waals surface area contributed by atoms with Gasteiger partial charge >= 0.3 is 11.9 Å². The van der Waals surface area contributed by atoms with Crippen LogP contribution in [-0.2, 0) is 28.5 Å². The summed E-state index contributed by atoms with van der Waals surface area (Å²) in [6.07, 6.45) is -2.07. The van der Waals surface area contributed by atoms with Crippen molar-refractivity contribution in [3.05, 3.63) is 24.3 Å². The average molecular weight is 360 g/mol. The van der Waals surface area contributed by atoms with E-state index in [4.69, 9.17) is 18.9 Å². The molecule has 8 heteroatoms. The van der Waals surface area contributed by atoms with Crippen molar-refractivity contribution >= 4 is 11.9 Å². The minimum atomic E-state index is -1.11. The van der Waals surface area contributed by atoms with Gasteiger partial charge in [-0.2, -0.15) is 0 Å². The number of hydrogen-bond donors (Lipinski definition) is 2. The van der Waals surface area contributed by atoms with Crippen LogP contribution in [0.3, 0.4) is 0 Å². The highest BCUT2D eigenvalue weighted by atomic mass is 16.7. The van der Waals surface area contributed by atoms with Crippen LogP contribution in [-0.4, -0.2) is 66.6 Å². The molecule has 2 atom stereocenters. The van der Waals surface area contributed by atoms with Gasteiger partial charge < -0.3 is 29.2 Å². The van der Waals surface area contributed by atoms with Crippen molar-refractivity contribution in [2.45, 2.75) is 45.7 Å². The Bertz CT molecular complexity index is 441. The molecule has 0 radical (unpaired) electrons. The summed E-state index contributed by atoms with van der Waals surface area (Å²) in [6, 6.07) is 0. The predicted octanol–water partition coefficient (Wildman–Crippen LogP) is 0.716. The fourth-order valence-electron chi connectivity index (χ4n) is 1.32. The molecule has 0 aliphatic carbocycles. The van der Waals surface area contributed by atoms with Crippen LogP contribution >= 0.6 is 0 Å².